The largest absolute Gasteiger partial charge is 0.478 e. The molecule has 0 bridgehead atoms. The molecule has 21 heavy (non-hydrogen) atoms. The van der Waals surface area contributed by atoms with E-state index in [1.807, 2.05) is 0 Å². The van der Waals surface area contributed by atoms with Gasteiger partial charge in [-0.05, 0) is 0 Å². The van der Waals surface area contributed by atoms with E-state index in [2.05, 4.69) is 16.1 Å². The molecule has 0 aliphatic heterocycles. The molecule has 0 aromatic rings. The van der Waals surface area contributed by atoms with Crippen LogP contribution in [0, 0.1) is 0 Å². The number of alkyl halides is 1. The van der Waals surface area contributed by atoms with Crippen molar-refractivity contribution in [2.75, 3.05) is 19.8 Å². The Balaban J connectivity index is 0. The van der Waals surface area contributed by atoms with E-state index in [0.717, 1.165) is 12.2 Å². The van der Waals surface area contributed by atoms with Crippen molar-refractivity contribution in [3.8, 4) is 0 Å². The Morgan fingerprint density at radius 2 is 1.71 bits per heavy atom. The van der Waals surface area contributed by atoms with E-state index in [4.69, 9.17) is 26.9 Å². The van der Waals surface area contributed by atoms with Gasteiger partial charge in [0.05, 0.1) is 13.2 Å². The van der Waals surface area contributed by atoms with Crippen molar-refractivity contribution in [2.24, 2.45) is 0 Å². The van der Waals surface area contributed by atoms with E-state index in [1.165, 1.54) is 0 Å². The monoisotopic (exact) mass is 324 g/mol. The molecule has 0 aliphatic rings. The van der Waals surface area contributed by atoms with Crippen LogP contribution in [0.4, 0.5) is 0 Å². The molecule has 0 radical (unpaired) electrons. The number of aliphatic carboxylic acids is 1. The van der Waals surface area contributed by atoms with Crippen LogP contribution >= 0.6 is 11.6 Å². The van der Waals surface area contributed by atoms with Crippen LogP contribution in [0.2, 0.25) is 0 Å². The summed E-state index contributed by atoms with van der Waals surface area (Å²) in [4.78, 5) is 30.7. The van der Waals surface area contributed by atoms with Gasteiger partial charge < -0.3 is 24.8 Å². The van der Waals surface area contributed by atoms with Crippen LogP contribution < -0.4 is 0 Å². The van der Waals surface area contributed by atoms with Gasteiger partial charge in [-0.15, -0.1) is 0 Å². The molecule has 0 saturated heterocycles. The minimum Gasteiger partial charge on any atom is -0.478 e. The molecule has 0 rings (SSSR count). The molecule has 120 valence electrons. The summed E-state index contributed by atoms with van der Waals surface area (Å²) in [7, 11) is 0. The third-order valence-corrected chi connectivity index (χ3v) is 1.68. The maximum atomic E-state index is 10.6. The number of ether oxygens (including phenoxy) is 2. The van der Waals surface area contributed by atoms with E-state index >= 15 is 0 Å². The second kappa shape index (κ2) is 14.5. The van der Waals surface area contributed by atoms with Crippen molar-refractivity contribution >= 4 is 29.5 Å². The summed E-state index contributed by atoms with van der Waals surface area (Å²) in [5.74, 6) is -2.51. The maximum absolute atomic E-state index is 10.6. The summed E-state index contributed by atoms with van der Waals surface area (Å²) in [6.07, 6.45) is 2.60. The molecular formula is C12H17ClO8. The number of hydrogen-bond donors (Lipinski definition) is 3. The number of aliphatic hydroxyl groups is 2. The fraction of sp³-hybridized carbons (Fsp3) is 0.417. The minimum absolute atomic E-state index is 0.0465. The first-order chi connectivity index (χ1) is 9.83. The zero-order valence-electron chi connectivity index (χ0n) is 11.1. The van der Waals surface area contributed by atoms with Crippen LogP contribution in [0.1, 0.15) is 6.42 Å². The van der Waals surface area contributed by atoms with Gasteiger partial charge in [0, 0.05) is 24.6 Å². The number of halogens is 1. The number of esters is 2. The molecule has 0 fully saturated rings. The molecule has 0 aromatic heterocycles. The molecule has 8 nitrogen and oxygen atoms in total. The standard InChI is InChI=1S/C7H9ClO5.C5H8O3/c8-5(9)3-4-13-7(12)2-1-6(10)11;1-2-5(7)8-4-3-6/h1-2,5,9H,3-4H2,(H,10,11);2,6H,1,3-4H2/b2-1-;. The molecule has 1 atom stereocenters. The van der Waals surface area contributed by atoms with Crippen LogP contribution in [0.3, 0.4) is 0 Å². The molecule has 0 heterocycles. The SMILES string of the molecule is C=CC(=O)OCCO.O=C(O)/C=C\C(=O)OCCC(O)Cl. The average molecular weight is 325 g/mol. The summed E-state index contributed by atoms with van der Waals surface area (Å²) in [5.41, 5.74) is -1.06. The molecule has 0 aromatic carbocycles. The number of carboxylic acids is 1. The van der Waals surface area contributed by atoms with Crippen LogP contribution in [-0.4, -0.2) is 58.6 Å². The molecule has 9 heteroatoms. The third-order valence-electron chi connectivity index (χ3n) is 1.46. The number of carbonyl (C=O) groups is 3. The topological polar surface area (TPSA) is 130 Å². The fourth-order valence-corrected chi connectivity index (χ4v) is 0.738. The van der Waals surface area contributed by atoms with Crippen LogP contribution in [0.25, 0.3) is 0 Å². The number of aliphatic hydroxyl groups excluding tert-OH is 2. The summed E-state index contributed by atoms with van der Waals surface area (Å²) in [6, 6.07) is 0. The van der Waals surface area contributed by atoms with Gasteiger partial charge in [0.25, 0.3) is 0 Å². The van der Waals surface area contributed by atoms with Gasteiger partial charge in [0.2, 0.25) is 0 Å². The molecule has 0 saturated carbocycles. The van der Waals surface area contributed by atoms with Gasteiger partial charge in [-0.2, -0.15) is 0 Å². The van der Waals surface area contributed by atoms with Crippen molar-refractivity contribution in [2.45, 2.75) is 12.0 Å². The maximum Gasteiger partial charge on any atom is 0.331 e. The predicted octanol–water partition coefficient (Wildman–Crippen LogP) is -0.174. The van der Waals surface area contributed by atoms with E-state index in [1.54, 1.807) is 0 Å². The number of carbonyl (C=O) groups excluding carboxylic acids is 2. The molecule has 3 N–H and O–H groups in total. The highest BCUT2D eigenvalue weighted by molar-refractivity contribution is 6.19. The summed E-state index contributed by atoms with van der Waals surface area (Å²) in [6.45, 7) is 3.02. The Kier molecular flexibility index (Phi) is 14.8. The Labute approximate surface area is 126 Å². The van der Waals surface area contributed by atoms with Gasteiger partial charge in [-0.1, -0.05) is 18.2 Å². The minimum atomic E-state index is -1.23. The zero-order valence-corrected chi connectivity index (χ0v) is 11.9. The van der Waals surface area contributed by atoms with Gasteiger partial charge in [0.15, 0.2) is 0 Å². The number of hydrogen-bond acceptors (Lipinski definition) is 7. The summed E-state index contributed by atoms with van der Waals surface area (Å²) < 4.78 is 8.80. The quantitative estimate of drug-likeness (QED) is 0.318. The Bertz CT molecular complexity index is 364. The fourth-order valence-electron chi connectivity index (χ4n) is 0.649. The van der Waals surface area contributed by atoms with Gasteiger partial charge in [0.1, 0.15) is 12.2 Å². The highest BCUT2D eigenvalue weighted by atomic mass is 35.5. The van der Waals surface area contributed by atoms with Gasteiger partial charge in [-0.25, -0.2) is 14.4 Å². The van der Waals surface area contributed by atoms with Crippen molar-refractivity contribution in [1.82, 2.24) is 0 Å². The summed E-state index contributed by atoms with van der Waals surface area (Å²) >= 11 is 5.14. The molecule has 1 unspecified atom stereocenters. The Morgan fingerprint density at radius 1 is 1.14 bits per heavy atom. The Morgan fingerprint density at radius 3 is 2.14 bits per heavy atom. The average Bonchev–Trinajstić information content (AvgIpc) is 2.42. The first-order valence-electron chi connectivity index (χ1n) is 5.63. The van der Waals surface area contributed by atoms with Crippen molar-refractivity contribution in [1.29, 1.82) is 0 Å². The highest BCUT2D eigenvalue weighted by Crippen LogP contribution is 1.96. The van der Waals surface area contributed by atoms with Crippen LogP contribution in [-0.2, 0) is 23.9 Å². The van der Waals surface area contributed by atoms with E-state index in [-0.39, 0.29) is 26.2 Å². The number of carboxylic acid groups (broad SMARTS) is 1. The highest BCUT2D eigenvalue weighted by Gasteiger charge is 2.01. The zero-order chi connectivity index (χ0) is 16.7. The lowest BCUT2D eigenvalue weighted by molar-refractivity contribution is -0.139. The first kappa shape index (κ1) is 21.4. The van der Waals surface area contributed by atoms with E-state index in [0.29, 0.717) is 6.08 Å². The lowest BCUT2D eigenvalue weighted by atomic mass is 10.5. The smallest absolute Gasteiger partial charge is 0.331 e. The first-order valence-corrected chi connectivity index (χ1v) is 6.07. The number of rotatable bonds is 8. The molecule has 0 amide bonds. The molecule has 0 aliphatic carbocycles. The Hall–Kier alpha value is -1.90. The second-order valence-electron chi connectivity index (χ2n) is 3.16. The van der Waals surface area contributed by atoms with Crippen LogP contribution in [0.5, 0.6) is 0 Å². The van der Waals surface area contributed by atoms with Crippen molar-refractivity contribution in [3.05, 3.63) is 24.8 Å². The normalized spacial score (nSPS) is 11.0. The van der Waals surface area contributed by atoms with Crippen LogP contribution in [0.15, 0.2) is 24.8 Å². The van der Waals surface area contributed by atoms with Gasteiger partial charge in [-0.3, -0.25) is 0 Å². The molecular weight excluding hydrogens is 308 g/mol. The van der Waals surface area contributed by atoms with E-state index in [9.17, 15) is 14.4 Å². The van der Waals surface area contributed by atoms with E-state index < -0.39 is 23.5 Å². The summed E-state index contributed by atoms with van der Waals surface area (Å²) in [5, 5.41) is 24.8. The second-order valence-corrected chi connectivity index (χ2v) is 3.66. The molecule has 0 spiro atoms. The predicted molar refractivity (Wildman–Crippen MR) is 72.5 cm³/mol. The van der Waals surface area contributed by atoms with Crippen molar-refractivity contribution < 1.29 is 39.2 Å². The lowest BCUT2D eigenvalue weighted by Gasteiger charge is -2.01. The third kappa shape index (κ3) is 20.6. The van der Waals surface area contributed by atoms with Gasteiger partial charge >= 0.3 is 17.9 Å². The lowest BCUT2D eigenvalue weighted by Crippen LogP contribution is -2.07. The van der Waals surface area contributed by atoms with Crippen molar-refractivity contribution in [3.63, 3.8) is 0 Å².